The fourth-order valence-electron chi connectivity index (χ4n) is 1.24. The quantitative estimate of drug-likeness (QED) is 0.665. The zero-order chi connectivity index (χ0) is 13.0. The van der Waals surface area contributed by atoms with Crippen molar-refractivity contribution in [2.24, 2.45) is 16.6 Å². The van der Waals surface area contributed by atoms with Crippen LogP contribution in [0.5, 0.6) is 0 Å². The van der Waals surface area contributed by atoms with E-state index in [0.29, 0.717) is 22.9 Å². The standard InChI is InChI=1S/C12H17BrFN3/c1-7(2)6-16-12(15)17-11-5-9(13)10(14)4-8(11)3/h4-5,7H,6H2,1-3H3,(H3,15,16,17). The molecule has 0 aliphatic rings. The molecule has 1 aromatic carbocycles. The molecule has 0 aliphatic carbocycles. The first kappa shape index (κ1) is 14.0. The summed E-state index contributed by atoms with van der Waals surface area (Å²) in [5, 5.41) is 2.96. The van der Waals surface area contributed by atoms with Gasteiger partial charge < -0.3 is 11.1 Å². The molecule has 3 N–H and O–H groups in total. The van der Waals surface area contributed by atoms with Crippen molar-refractivity contribution in [3.63, 3.8) is 0 Å². The zero-order valence-corrected chi connectivity index (χ0v) is 11.8. The number of nitrogens with one attached hydrogen (secondary N) is 1. The minimum absolute atomic E-state index is 0.286. The van der Waals surface area contributed by atoms with Crippen LogP contribution < -0.4 is 11.1 Å². The Bertz CT molecular complexity index is 430. The number of aryl methyl sites for hydroxylation is 1. The summed E-state index contributed by atoms with van der Waals surface area (Å²) in [5.41, 5.74) is 7.28. The van der Waals surface area contributed by atoms with Crippen LogP contribution in [0, 0.1) is 18.7 Å². The molecule has 0 aromatic heterocycles. The Kier molecular flexibility index (Phi) is 4.93. The highest BCUT2D eigenvalue weighted by molar-refractivity contribution is 9.10. The van der Waals surface area contributed by atoms with Crippen LogP contribution in [0.1, 0.15) is 19.4 Å². The van der Waals surface area contributed by atoms with Gasteiger partial charge in [-0.25, -0.2) is 4.39 Å². The van der Waals surface area contributed by atoms with Crippen LogP contribution in [0.25, 0.3) is 0 Å². The van der Waals surface area contributed by atoms with E-state index >= 15 is 0 Å². The molecule has 0 amide bonds. The van der Waals surface area contributed by atoms with Crippen molar-refractivity contribution < 1.29 is 4.39 Å². The lowest BCUT2D eigenvalue weighted by molar-refractivity contribution is 0.620. The van der Waals surface area contributed by atoms with E-state index in [4.69, 9.17) is 5.73 Å². The molecule has 0 unspecified atom stereocenters. The Morgan fingerprint density at radius 3 is 2.76 bits per heavy atom. The fourth-order valence-corrected chi connectivity index (χ4v) is 1.58. The molecule has 0 saturated heterocycles. The molecular weight excluding hydrogens is 285 g/mol. The van der Waals surface area contributed by atoms with Gasteiger partial charge in [-0.05, 0) is 46.5 Å². The summed E-state index contributed by atoms with van der Waals surface area (Å²) in [6.07, 6.45) is 0. The van der Waals surface area contributed by atoms with E-state index in [1.807, 2.05) is 6.92 Å². The summed E-state index contributed by atoms with van der Waals surface area (Å²) in [6.45, 7) is 6.61. The first-order valence-electron chi connectivity index (χ1n) is 5.42. The van der Waals surface area contributed by atoms with Gasteiger partial charge in [-0.2, -0.15) is 0 Å². The van der Waals surface area contributed by atoms with Crippen LogP contribution in [0.4, 0.5) is 10.1 Å². The average molecular weight is 302 g/mol. The van der Waals surface area contributed by atoms with E-state index in [9.17, 15) is 4.39 Å². The number of anilines is 1. The maximum Gasteiger partial charge on any atom is 0.193 e. The lowest BCUT2D eigenvalue weighted by Gasteiger charge is -2.10. The van der Waals surface area contributed by atoms with Crippen LogP contribution >= 0.6 is 15.9 Å². The van der Waals surface area contributed by atoms with Gasteiger partial charge in [-0.15, -0.1) is 0 Å². The van der Waals surface area contributed by atoms with Crippen LogP contribution in [0.15, 0.2) is 21.6 Å². The summed E-state index contributed by atoms with van der Waals surface area (Å²) >= 11 is 3.14. The number of guanidine groups is 1. The van der Waals surface area contributed by atoms with Crippen LogP contribution in [-0.2, 0) is 0 Å². The number of hydrogen-bond acceptors (Lipinski definition) is 1. The third-order valence-electron chi connectivity index (χ3n) is 2.16. The second-order valence-corrected chi connectivity index (χ2v) is 5.18. The summed E-state index contributed by atoms with van der Waals surface area (Å²) in [5.74, 6) is 0.516. The predicted octanol–water partition coefficient (Wildman–Crippen LogP) is 3.28. The maximum absolute atomic E-state index is 13.2. The summed E-state index contributed by atoms with van der Waals surface area (Å²) in [4.78, 5) is 4.19. The van der Waals surface area contributed by atoms with Gasteiger partial charge in [0.1, 0.15) is 5.82 Å². The smallest absolute Gasteiger partial charge is 0.193 e. The highest BCUT2D eigenvalue weighted by Gasteiger charge is 2.06. The van der Waals surface area contributed by atoms with E-state index in [1.54, 1.807) is 6.07 Å². The Hall–Kier alpha value is -1.10. The fraction of sp³-hybridized carbons (Fsp3) is 0.417. The predicted molar refractivity (Wildman–Crippen MR) is 73.8 cm³/mol. The summed E-state index contributed by atoms with van der Waals surface area (Å²) in [7, 11) is 0. The third kappa shape index (κ3) is 4.34. The number of nitrogens with zero attached hydrogens (tertiary/aromatic N) is 1. The lowest BCUT2D eigenvalue weighted by Crippen LogP contribution is -2.24. The van der Waals surface area contributed by atoms with Gasteiger partial charge in [0.25, 0.3) is 0 Å². The Labute approximate surface area is 109 Å². The largest absolute Gasteiger partial charge is 0.370 e. The molecule has 0 atom stereocenters. The minimum Gasteiger partial charge on any atom is -0.370 e. The van der Waals surface area contributed by atoms with Crippen molar-refractivity contribution in [1.82, 2.24) is 0 Å². The minimum atomic E-state index is -0.286. The lowest BCUT2D eigenvalue weighted by atomic mass is 10.2. The van der Waals surface area contributed by atoms with Crippen molar-refractivity contribution in [2.75, 3.05) is 11.9 Å². The Balaban J connectivity index is 2.81. The molecular formula is C12H17BrFN3. The SMILES string of the molecule is Cc1cc(F)c(Br)cc1NC(N)=NCC(C)C. The molecule has 0 bridgehead atoms. The second kappa shape index (κ2) is 6.00. The van der Waals surface area contributed by atoms with Gasteiger partial charge in [-0.1, -0.05) is 13.8 Å². The maximum atomic E-state index is 13.2. The van der Waals surface area contributed by atoms with E-state index in [0.717, 1.165) is 11.3 Å². The third-order valence-corrected chi connectivity index (χ3v) is 2.76. The number of nitrogens with two attached hydrogens (primary N) is 1. The van der Waals surface area contributed by atoms with E-state index in [2.05, 4.69) is 40.1 Å². The van der Waals surface area contributed by atoms with Crippen LogP contribution in [-0.4, -0.2) is 12.5 Å². The van der Waals surface area contributed by atoms with Crippen molar-refractivity contribution in [1.29, 1.82) is 0 Å². The molecule has 0 spiro atoms. The molecule has 3 nitrogen and oxygen atoms in total. The summed E-state index contributed by atoms with van der Waals surface area (Å²) in [6, 6.07) is 3.10. The van der Waals surface area contributed by atoms with Gasteiger partial charge in [0.15, 0.2) is 5.96 Å². The first-order valence-corrected chi connectivity index (χ1v) is 6.22. The van der Waals surface area contributed by atoms with E-state index in [-0.39, 0.29) is 5.82 Å². The molecule has 0 aliphatic heterocycles. The van der Waals surface area contributed by atoms with Crippen molar-refractivity contribution in [3.05, 3.63) is 28.0 Å². The molecule has 1 aromatic rings. The molecule has 94 valence electrons. The van der Waals surface area contributed by atoms with Crippen molar-refractivity contribution >= 4 is 27.6 Å². The molecule has 0 saturated carbocycles. The summed E-state index contributed by atoms with van der Waals surface area (Å²) < 4.78 is 13.6. The van der Waals surface area contributed by atoms with Gasteiger partial charge >= 0.3 is 0 Å². The topological polar surface area (TPSA) is 50.4 Å². The number of halogens is 2. The van der Waals surface area contributed by atoms with Gasteiger partial charge in [-0.3, -0.25) is 4.99 Å². The zero-order valence-electron chi connectivity index (χ0n) is 10.2. The van der Waals surface area contributed by atoms with Crippen molar-refractivity contribution in [3.8, 4) is 0 Å². The molecule has 1 rings (SSSR count). The molecule has 0 radical (unpaired) electrons. The molecule has 0 fully saturated rings. The number of hydrogen-bond donors (Lipinski definition) is 2. The average Bonchev–Trinajstić information content (AvgIpc) is 2.23. The van der Waals surface area contributed by atoms with Crippen molar-refractivity contribution in [2.45, 2.75) is 20.8 Å². The normalized spacial score (nSPS) is 12.0. The van der Waals surface area contributed by atoms with E-state index in [1.165, 1.54) is 6.07 Å². The Morgan fingerprint density at radius 1 is 1.53 bits per heavy atom. The van der Waals surface area contributed by atoms with Crippen LogP contribution in [0.2, 0.25) is 0 Å². The molecule has 0 heterocycles. The van der Waals surface area contributed by atoms with Gasteiger partial charge in [0.05, 0.1) is 4.47 Å². The first-order chi connectivity index (χ1) is 7.90. The van der Waals surface area contributed by atoms with Gasteiger partial charge in [0.2, 0.25) is 0 Å². The van der Waals surface area contributed by atoms with E-state index < -0.39 is 0 Å². The number of rotatable bonds is 3. The highest BCUT2D eigenvalue weighted by Crippen LogP contribution is 2.23. The molecule has 5 heteroatoms. The van der Waals surface area contributed by atoms with Crippen LogP contribution in [0.3, 0.4) is 0 Å². The monoisotopic (exact) mass is 301 g/mol. The second-order valence-electron chi connectivity index (χ2n) is 4.33. The number of benzene rings is 1. The Morgan fingerprint density at radius 2 is 2.18 bits per heavy atom. The van der Waals surface area contributed by atoms with Gasteiger partial charge in [0, 0.05) is 12.2 Å². The number of aliphatic imine (C=N–C) groups is 1. The highest BCUT2D eigenvalue weighted by atomic mass is 79.9. The molecule has 17 heavy (non-hydrogen) atoms.